The van der Waals surface area contributed by atoms with Crippen LogP contribution in [0.3, 0.4) is 0 Å². The number of hydrogen-bond donors (Lipinski definition) is 1. The van der Waals surface area contributed by atoms with Gasteiger partial charge in [-0.05, 0) is 18.1 Å². The minimum atomic E-state index is -2.38. The number of pyridine rings is 1. The van der Waals surface area contributed by atoms with Crippen molar-refractivity contribution in [3.8, 4) is 0 Å². The first-order valence-corrected chi connectivity index (χ1v) is 5.13. The molecule has 0 unspecified atom stereocenters. The van der Waals surface area contributed by atoms with Gasteiger partial charge in [0, 0.05) is 25.5 Å². The van der Waals surface area contributed by atoms with Gasteiger partial charge in [-0.15, -0.1) is 0 Å². The fraction of sp³-hybridized carbons (Fsp3) is 0.545. The first-order valence-electron chi connectivity index (χ1n) is 5.13. The van der Waals surface area contributed by atoms with E-state index < -0.39 is 6.43 Å². The average molecular weight is 230 g/mol. The summed E-state index contributed by atoms with van der Waals surface area (Å²) in [7, 11) is 0. The van der Waals surface area contributed by atoms with Gasteiger partial charge < -0.3 is 5.11 Å². The lowest BCUT2D eigenvalue weighted by Gasteiger charge is -2.20. The van der Waals surface area contributed by atoms with Crippen LogP contribution in [0.5, 0.6) is 0 Å². The van der Waals surface area contributed by atoms with Crippen LogP contribution in [0.2, 0.25) is 0 Å². The summed E-state index contributed by atoms with van der Waals surface area (Å²) in [6.45, 7) is 2.10. The summed E-state index contributed by atoms with van der Waals surface area (Å²) in [6.07, 6.45) is 0.986. The Bertz CT molecular complexity index is 321. The van der Waals surface area contributed by atoms with Crippen molar-refractivity contribution in [1.82, 2.24) is 9.88 Å². The molecule has 0 amide bonds. The maximum absolute atomic E-state index is 12.3. The molecule has 5 heteroatoms. The number of aliphatic hydroxyl groups excluding tert-OH is 1. The molecule has 0 aliphatic rings. The number of hydrogen-bond acceptors (Lipinski definition) is 3. The molecule has 90 valence electrons. The van der Waals surface area contributed by atoms with Crippen LogP contribution in [-0.4, -0.2) is 41.1 Å². The monoisotopic (exact) mass is 230 g/mol. The zero-order chi connectivity index (χ0) is 12.0. The Balaban J connectivity index is 2.60. The second-order valence-electron chi connectivity index (χ2n) is 3.72. The largest absolute Gasteiger partial charge is 0.395 e. The van der Waals surface area contributed by atoms with Crippen molar-refractivity contribution in [3.05, 3.63) is 29.6 Å². The molecule has 0 aromatic carbocycles. The Kier molecular flexibility index (Phi) is 5.28. The van der Waals surface area contributed by atoms with Crippen molar-refractivity contribution in [2.24, 2.45) is 0 Å². The van der Waals surface area contributed by atoms with Gasteiger partial charge in [-0.25, -0.2) is 8.78 Å². The summed E-state index contributed by atoms with van der Waals surface area (Å²) in [5, 5.41) is 8.78. The van der Waals surface area contributed by atoms with E-state index in [1.165, 1.54) is 4.90 Å². The Labute approximate surface area is 93.7 Å². The zero-order valence-electron chi connectivity index (χ0n) is 9.24. The number of aryl methyl sites for hydroxylation is 1. The van der Waals surface area contributed by atoms with Crippen molar-refractivity contribution in [1.29, 1.82) is 0 Å². The van der Waals surface area contributed by atoms with Crippen LogP contribution in [0.1, 0.15) is 11.1 Å². The molecule has 0 saturated carbocycles. The molecule has 1 heterocycles. The number of aliphatic hydroxyl groups is 1. The molecule has 0 bridgehead atoms. The van der Waals surface area contributed by atoms with Crippen molar-refractivity contribution >= 4 is 0 Å². The lowest BCUT2D eigenvalue weighted by molar-refractivity contribution is 0.0746. The third-order valence-corrected chi connectivity index (χ3v) is 2.15. The Morgan fingerprint density at radius 2 is 2.19 bits per heavy atom. The second kappa shape index (κ2) is 6.50. The van der Waals surface area contributed by atoms with E-state index in [4.69, 9.17) is 5.11 Å². The van der Waals surface area contributed by atoms with Crippen LogP contribution in [0.15, 0.2) is 18.5 Å². The molecule has 1 aromatic rings. The highest BCUT2D eigenvalue weighted by molar-refractivity contribution is 5.16. The Morgan fingerprint density at radius 1 is 1.44 bits per heavy atom. The summed E-state index contributed by atoms with van der Waals surface area (Å²) < 4.78 is 24.5. The molecule has 0 saturated heterocycles. The molecule has 16 heavy (non-hydrogen) atoms. The first kappa shape index (κ1) is 13.0. The van der Waals surface area contributed by atoms with Crippen molar-refractivity contribution in [2.45, 2.75) is 19.9 Å². The molecule has 0 radical (unpaired) electrons. The quantitative estimate of drug-likeness (QED) is 0.803. The number of aromatic nitrogens is 1. The van der Waals surface area contributed by atoms with Gasteiger partial charge in [0.25, 0.3) is 6.43 Å². The molecular formula is C11H16F2N2O. The average Bonchev–Trinajstić information content (AvgIpc) is 2.16. The third-order valence-electron chi connectivity index (χ3n) is 2.15. The van der Waals surface area contributed by atoms with E-state index in [0.29, 0.717) is 6.54 Å². The minimum absolute atomic E-state index is 0.119. The van der Waals surface area contributed by atoms with Crippen LogP contribution in [0.25, 0.3) is 0 Å². The maximum atomic E-state index is 12.3. The lowest BCUT2D eigenvalue weighted by atomic mass is 10.2. The highest BCUT2D eigenvalue weighted by Crippen LogP contribution is 2.07. The van der Waals surface area contributed by atoms with E-state index in [2.05, 4.69) is 4.98 Å². The van der Waals surface area contributed by atoms with Crippen LogP contribution >= 0.6 is 0 Å². The molecule has 3 nitrogen and oxygen atoms in total. The number of rotatable bonds is 6. The number of halogens is 2. The van der Waals surface area contributed by atoms with Gasteiger partial charge in [0.15, 0.2) is 0 Å². The second-order valence-corrected chi connectivity index (χ2v) is 3.72. The normalized spacial score (nSPS) is 11.4. The topological polar surface area (TPSA) is 36.4 Å². The third kappa shape index (κ3) is 4.63. The summed E-state index contributed by atoms with van der Waals surface area (Å²) in [5.41, 5.74) is 1.88. The summed E-state index contributed by atoms with van der Waals surface area (Å²) in [5.74, 6) is 0. The minimum Gasteiger partial charge on any atom is -0.395 e. The van der Waals surface area contributed by atoms with E-state index in [-0.39, 0.29) is 19.7 Å². The molecule has 0 spiro atoms. The zero-order valence-corrected chi connectivity index (χ0v) is 9.24. The molecule has 0 atom stereocenters. The predicted octanol–water partition coefficient (Wildman–Crippen LogP) is 1.45. The molecule has 1 rings (SSSR count). The Hall–Kier alpha value is -1.07. The highest BCUT2D eigenvalue weighted by Gasteiger charge is 2.12. The van der Waals surface area contributed by atoms with E-state index >= 15 is 0 Å². The van der Waals surface area contributed by atoms with Crippen molar-refractivity contribution in [3.63, 3.8) is 0 Å². The highest BCUT2D eigenvalue weighted by atomic mass is 19.3. The predicted molar refractivity (Wildman–Crippen MR) is 57.3 cm³/mol. The van der Waals surface area contributed by atoms with Crippen molar-refractivity contribution < 1.29 is 13.9 Å². The van der Waals surface area contributed by atoms with Gasteiger partial charge >= 0.3 is 0 Å². The van der Waals surface area contributed by atoms with E-state index in [9.17, 15) is 8.78 Å². The lowest BCUT2D eigenvalue weighted by Crippen LogP contribution is -2.31. The smallest absolute Gasteiger partial charge is 0.251 e. The van der Waals surface area contributed by atoms with Gasteiger partial charge in [-0.3, -0.25) is 9.88 Å². The molecule has 0 aliphatic carbocycles. The molecular weight excluding hydrogens is 214 g/mol. The summed E-state index contributed by atoms with van der Waals surface area (Å²) in [4.78, 5) is 5.51. The first-order chi connectivity index (χ1) is 7.61. The molecule has 0 fully saturated rings. The van der Waals surface area contributed by atoms with Gasteiger partial charge in [0.05, 0.1) is 13.2 Å². The summed E-state index contributed by atoms with van der Waals surface area (Å²) in [6, 6.07) is 1.91. The van der Waals surface area contributed by atoms with Gasteiger partial charge in [-0.1, -0.05) is 6.07 Å². The molecule has 1 N–H and O–H groups in total. The summed E-state index contributed by atoms with van der Waals surface area (Å²) >= 11 is 0. The van der Waals surface area contributed by atoms with E-state index in [1.54, 1.807) is 12.4 Å². The SMILES string of the molecule is Cc1cncc(CN(CCO)CC(F)F)c1. The standard InChI is InChI=1S/C11H16F2N2O/c1-9-4-10(6-14-5-9)7-15(2-3-16)8-11(12)13/h4-6,11,16H,2-3,7-8H2,1H3. The van der Waals surface area contributed by atoms with Crippen molar-refractivity contribution in [2.75, 3.05) is 19.7 Å². The van der Waals surface area contributed by atoms with E-state index in [1.807, 2.05) is 13.0 Å². The van der Waals surface area contributed by atoms with Gasteiger partial charge in [-0.2, -0.15) is 0 Å². The van der Waals surface area contributed by atoms with Crippen LogP contribution < -0.4 is 0 Å². The molecule has 0 aliphatic heterocycles. The van der Waals surface area contributed by atoms with Crippen LogP contribution in [-0.2, 0) is 6.54 Å². The van der Waals surface area contributed by atoms with Crippen LogP contribution in [0, 0.1) is 6.92 Å². The van der Waals surface area contributed by atoms with Crippen LogP contribution in [0.4, 0.5) is 8.78 Å². The maximum Gasteiger partial charge on any atom is 0.251 e. The number of alkyl halides is 2. The van der Waals surface area contributed by atoms with Gasteiger partial charge in [0.2, 0.25) is 0 Å². The Morgan fingerprint density at radius 3 is 2.75 bits per heavy atom. The fourth-order valence-electron chi connectivity index (χ4n) is 1.53. The van der Waals surface area contributed by atoms with Gasteiger partial charge in [0.1, 0.15) is 0 Å². The fourth-order valence-corrected chi connectivity index (χ4v) is 1.53. The van der Waals surface area contributed by atoms with E-state index in [0.717, 1.165) is 11.1 Å². The number of nitrogens with zero attached hydrogens (tertiary/aromatic N) is 2. The molecule has 1 aromatic heterocycles.